The molecule has 2 N–H and O–H groups in total. The Bertz CT molecular complexity index is 808. The van der Waals surface area contributed by atoms with Crippen LogP contribution in [0.3, 0.4) is 0 Å². The average molecular weight is 285 g/mol. The molecular weight excluding hydrogens is 270 g/mol. The number of rotatable bonds is 5. The van der Waals surface area contributed by atoms with Gasteiger partial charge in [0.1, 0.15) is 5.82 Å². The van der Waals surface area contributed by atoms with Crippen molar-refractivity contribution in [1.82, 2.24) is 19.8 Å². The Morgan fingerprint density at radius 3 is 2.86 bits per heavy atom. The van der Waals surface area contributed by atoms with Crippen LogP contribution >= 0.6 is 0 Å². The molecule has 0 aliphatic heterocycles. The topological polar surface area (TPSA) is 84.3 Å². The highest BCUT2D eigenvalue weighted by molar-refractivity contribution is 5.43. The molecule has 3 rings (SSSR count). The fourth-order valence-corrected chi connectivity index (χ4v) is 2.11. The molecule has 0 saturated heterocycles. The predicted molar refractivity (Wildman–Crippen MR) is 78.1 cm³/mol. The zero-order chi connectivity index (χ0) is 14.7. The maximum Gasteiger partial charge on any atom is 0.364 e. The average Bonchev–Trinajstić information content (AvgIpc) is 2.88. The van der Waals surface area contributed by atoms with Crippen LogP contribution < -0.4 is 11.0 Å². The summed E-state index contributed by atoms with van der Waals surface area (Å²) in [6.45, 7) is 1.16. The number of anilines is 1. The Balaban J connectivity index is 1.80. The summed E-state index contributed by atoms with van der Waals surface area (Å²) in [5.74, 6) is 0.609. The maximum absolute atomic E-state index is 11.5. The van der Waals surface area contributed by atoms with E-state index in [0.717, 1.165) is 11.1 Å². The highest BCUT2D eigenvalue weighted by atomic mass is 16.5. The minimum absolute atomic E-state index is 0.353. The van der Waals surface area contributed by atoms with E-state index in [1.165, 1.54) is 4.52 Å². The number of H-pyrrole nitrogens is 1. The molecule has 7 heteroatoms. The molecule has 1 aromatic carbocycles. The van der Waals surface area contributed by atoms with Crippen LogP contribution in [0.1, 0.15) is 11.1 Å². The summed E-state index contributed by atoms with van der Waals surface area (Å²) in [5, 5.41) is 13.6. The molecule has 21 heavy (non-hydrogen) atoms. The fraction of sp³-hybridized carbons (Fsp3) is 0.214. The standard InChI is InChI=1S/C14H15N5O2/c1-21-9-11-5-3-2-4-10(11)8-15-12-6-7-13-16-17-14(20)19(13)18-12/h2-7H,8-9H2,1H3,(H,15,18)(H,17,20). The third kappa shape index (κ3) is 2.77. The number of aromatic nitrogens is 4. The monoisotopic (exact) mass is 285 g/mol. The first-order valence-corrected chi connectivity index (χ1v) is 6.52. The SMILES string of the molecule is COCc1ccccc1CNc1ccc2n[nH]c(=O)n2n1. The smallest absolute Gasteiger partial charge is 0.364 e. The second-order valence-corrected chi connectivity index (χ2v) is 4.57. The van der Waals surface area contributed by atoms with Crippen molar-refractivity contribution in [2.45, 2.75) is 13.2 Å². The van der Waals surface area contributed by atoms with Gasteiger partial charge in [-0.3, -0.25) is 0 Å². The zero-order valence-corrected chi connectivity index (χ0v) is 11.5. The van der Waals surface area contributed by atoms with Crippen LogP contribution in [-0.4, -0.2) is 26.9 Å². The van der Waals surface area contributed by atoms with Gasteiger partial charge in [0, 0.05) is 13.7 Å². The summed E-state index contributed by atoms with van der Waals surface area (Å²) in [6.07, 6.45) is 0. The molecule has 0 unspecified atom stereocenters. The molecule has 0 spiro atoms. The molecule has 0 saturated carbocycles. The number of nitrogens with one attached hydrogen (secondary N) is 2. The first-order chi connectivity index (χ1) is 10.3. The van der Waals surface area contributed by atoms with Crippen LogP contribution in [0.25, 0.3) is 5.65 Å². The Labute approximate surface area is 120 Å². The quantitative estimate of drug-likeness (QED) is 0.735. The van der Waals surface area contributed by atoms with E-state index >= 15 is 0 Å². The minimum atomic E-state index is -0.353. The van der Waals surface area contributed by atoms with Crippen molar-refractivity contribution in [2.24, 2.45) is 0 Å². The van der Waals surface area contributed by atoms with Crippen LogP contribution in [-0.2, 0) is 17.9 Å². The van der Waals surface area contributed by atoms with Crippen molar-refractivity contribution in [3.05, 3.63) is 58.0 Å². The Hall–Kier alpha value is -2.67. The first kappa shape index (κ1) is 13.3. The van der Waals surface area contributed by atoms with Gasteiger partial charge in [-0.1, -0.05) is 24.3 Å². The molecule has 7 nitrogen and oxygen atoms in total. The highest BCUT2D eigenvalue weighted by Crippen LogP contribution is 2.12. The first-order valence-electron chi connectivity index (χ1n) is 6.52. The van der Waals surface area contributed by atoms with Gasteiger partial charge in [0.05, 0.1) is 6.61 Å². The largest absolute Gasteiger partial charge is 0.380 e. The fourth-order valence-electron chi connectivity index (χ4n) is 2.11. The van der Waals surface area contributed by atoms with Crippen molar-refractivity contribution in [1.29, 1.82) is 0 Å². The second-order valence-electron chi connectivity index (χ2n) is 4.57. The van der Waals surface area contributed by atoms with Crippen LogP contribution in [0.5, 0.6) is 0 Å². The van der Waals surface area contributed by atoms with Gasteiger partial charge in [0.15, 0.2) is 5.65 Å². The summed E-state index contributed by atoms with van der Waals surface area (Å²) >= 11 is 0. The van der Waals surface area contributed by atoms with E-state index in [1.54, 1.807) is 19.2 Å². The van der Waals surface area contributed by atoms with Crippen LogP contribution in [0.4, 0.5) is 5.82 Å². The van der Waals surface area contributed by atoms with E-state index in [-0.39, 0.29) is 5.69 Å². The third-order valence-corrected chi connectivity index (χ3v) is 3.15. The molecular formula is C14H15N5O2. The van der Waals surface area contributed by atoms with Crippen molar-refractivity contribution >= 4 is 11.5 Å². The van der Waals surface area contributed by atoms with Crippen molar-refractivity contribution < 1.29 is 4.74 Å². The lowest BCUT2D eigenvalue weighted by molar-refractivity contribution is 0.184. The Kier molecular flexibility index (Phi) is 3.65. The van der Waals surface area contributed by atoms with E-state index < -0.39 is 0 Å². The van der Waals surface area contributed by atoms with Crippen LogP contribution in [0, 0.1) is 0 Å². The van der Waals surface area contributed by atoms with E-state index in [9.17, 15) is 4.79 Å². The van der Waals surface area contributed by atoms with Crippen LogP contribution in [0.2, 0.25) is 0 Å². The summed E-state index contributed by atoms with van der Waals surface area (Å²) < 4.78 is 6.41. The number of hydrogen-bond donors (Lipinski definition) is 2. The van der Waals surface area contributed by atoms with Crippen molar-refractivity contribution in [3.63, 3.8) is 0 Å². The van der Waals surface area contributed by atoms with Gasteiger partial charge in [0.25, 0.3) is 0 Å². The third-order valence-electron chi connectivity index (χ3n) is 3.15. The molecule has 0 amide bonds. The minimum Gasteiger partial charge on any atom is -0.380 e. The van der Waals surface area contributed by atoms with Crippen molar-refractivity contribution in [2.75, 3.05) is 12.4 Å². The van der Waals surface area contributed by atoms with Gasteiger partial charge < -0.3 is 10.1 Å². The number of methoxy groups -OCH3 is 1. The number of benzene rings is 1. The molecule has 108 valence electrons. The molecule has 2 heterocycles. The Morgan fingerprint density at radius 1 is 1.24 bits per heavy atom. The molecule has 0 aliphatic rings. The molecule has 0 fully saturated rings. The van der Waals surface area contributed by atoms with E-state index in [1.807, 2.05) is 24.3 Å². The van der Waals surface area contributed by atoms with E-state index in [0.29, 0.717) is 24.6 Å². The van der Waals surface area contributed by atoms with E-state index in [4.69, 9.17) is 4.74 Å². The molecule has 0 aliphatic carbocycles. The molecule has 2 aromatic heterocycles. The molecule has 3 aromatic rings. The van der Waals surface area contributed by atoms with Gasteiger partial charge in [-0.25, -0.2) is 9.89 Å². The van der Waals surface area contributed by atoms with Crippen molar-refractivity contribution in [3.8, 4) is 0 Å². The summed E-state index contributed by atoms with van der Waals surface area (Å²) in [4.78, 5) is 11.5. The van der Waals surface area contributed by atoms with Gasteiger partial charge in [-0.15, -0.1) is 5.10 Å². The lowest BCUT2D eigenvalue weighted by Crippen LogP contribution is -2.14. The lowest BCUT2D eigenvalue weighted by Gasteiger charge is -2.10. The highest BCUT2D eigenvalue weighted by Gasteiger charge is 2.04. The number of aromatic amines is 1. The van der Waals surface area contributed by atoms with Crippen LogP contribution in [0.15, 0.2) is 41.2 Å². The maximum atomic E-state index is 11.5. The second kappa shape index (κ2) is 5.76. The van der Waals surface area contributed by atoms with Gasteiger partial charge >= 0.3 is 5.69 Å². The Morgan fingerprint density at radius 2 is 2.05 bits per heavy atom. The molecule has 0 radical (unpaired) electrons. The normalized spacial score (nSPS) is 10.9. The van der Waals surface area contributed by atoms with Gasteiger partial charge in [0.2, 0.25) is 0 Å². The number of fused-ring (bicyclic) bond motifs is 1. The molecule has 0 bridgehead atoms. The predicted octanol–water partition coefficient (Wildman–Crippen LogP) is 1.18. The summed E-state index contributed by atoms with van der Waals surface area (Å²) in [6, 6.07) is 11.5. The van der Waals surface area contributed by atoms with Gasteiger partial charge in [-0.2, -0.15) is 9.61 Å². The zero-order valence-electron chi connectivity index (χ0n) is 11.5. The summed E-state index contributed by atoms with van der Waals surface area (Å²) in [7, 11) is 1.67. The number of nitrogens with zero attached hydrogens (tertiary/aromatic N) is 3. The number of hydrogen-bond acceptors (Lipinski definition) is 5. The molecule has 0 atom stereocenters. The lowest BCUT2D eigenvalue weighted by atomic mass is 10.1. The van der Waals surface area contributed by atoms with E-state index in [2.05, 4.69) is 20.6 Å². The van der Waals surface area contributed by atoms with Gasteiger partial charge in [-0.05, 0) is 23.3 Å². The summed E-state index contributed by atoms with van der Waals surface area (Å²) in [5.41, 5.74) is 2.38. The number of ether oxygens (including phenoxy) is 1.